The van der Waals surface area contributed by atoms with Gasteiger partial charge in [0.1, 0.15) is 18.6 Å². The Bertz CT molecular complexity index is 548. The summed E-state index contributed by atoms with van der Waals surface area (Å²) in [6.07, 6.45) is 8.46. The molecule has 1 rings (SSSR count). The first kappa shape index (κ1) is 22.3. The van der Waals surface area contributed by atoms with Gasteiger partial charge in [0.05, 0.1) is 0 Å². The van der Waals surface area contributed by atoms with Crippen molar-refractivity contribution in [1.82, 2.24) is 4.90 Å². The van der Waals surface area contributed by atoms with Gasteiger partial charge in [-0.3, -0.25) is 9.64 Å². The number of allylic oxidation sites excluding steroid dienone is 5. The molecule has 0 amide bonds. The number of nitrogens with zero attached hydrogens (tertiary/aromatic N) is 1. The molecule has 1 aliphatic rings. The molecule has 0 radical (unpaired) electrons. The van der Waals surface area contributed by atoms with Crippen molar-refractivity contribution in [3.05, 3.63) is 60.4 Å². The predicted octanol–water partition coefficient (Wildman–Crippen LogP) is 5.50. The zero-order valence-corrected chi connectivity index (χ0v) is 15.5. The molecule has 1 aliphatic heterocycles. The van der Waals surface area contributed by atoms with Crippen LogP contribution < -0.4 is 0 Å². The second-order valence-electron chi connectivity index (χ2n) is 5.96. The lowest BCUT2D eigenvalue weighted by Crippen LogP contribution is -2.27. The van der Waals surface area contributed by atoms with Gasteiger partial charge < -0.3 is 4.74 Å². The van der Waals surface area contributed by atoms with Crippen LogP contribution in [0.15, 0.2) is 60.4 Å². The summed E-state index contributed by atoms with van der Waals surface area (Å²) in [4.78, 5) is 2.23. The number of alkyl halides is 3. The molecular formula is C20H28F3NO2. The highest BCUT2D eigenvalue weighted by Gasteiger charge is 2.31. The van der Waals surface area contributed by atoms with Gasteiger partial charge in [-0.25, -0.2) is 0 Å². The largest absolute Gasteiger partial charge is 0.523 e. The lowest BCUT2D eigenvalue weighted by atomic mass is 10.1. The highest BCUT2D eigenvalue weighted by Crippen LogP contribution is 2.20. The fourth-order valence-electron chi connectivity index (χ4n) is 2.53. The number of hydrogen-bond acceptors (Lipinski definition) is 3. The van der Waals surface area contributed by atoms with Crippen LogP contribution in [-0.4, -0.2) is 37.2 Å². The van der Waals surface area contributed by atoms with Crippen molar-refractivity contribution in [3.63, 3.8) is 0 Å². The topological polar surface area (TPSA) is 21.7 Å². The van der Waals surface area contributed by atoms with E-state index in [0.29, 0.717) is 12.5 Å². The van der Waals surface area contributed by atoms with Gasteiger partial charge in [-0.15, -0.1) is 13.2 Å². The molecule has 26 heavy (non-hydrogen) atoms. The van der Waals surface area contributed by atoms with Gasteiger partial charge in [0.25, 0.3) is 0 Å². The number of rotatable bonds is 8. The van der Waals surface area contributed by atoms with Crippen molar-refractivity contribution in [2.75, 3.05) is 19.8 Å². The van der Waals surface area contributed by atoms with E-state index >= 15 is 0 Å². The lowest BCUT2D eigenvalue weighted by molar-refractivity contribution is -0.330. The molecule has 0 spiro atoms. The molecule has 1 heterocycles. The van der Waals surface area contributed by atoms with E-state index in [4.69, 9.17) is 4.74 Å². The van der Waals surface area contributed by atoms with E-state index in [9.17, 15) is 13.2 Å². The molecule has 0 aromatic rings. The van der Waals surface area contributed by atoms with Crippen LogP contribution in [0, 0.1) is 0 Å². The van der Waals surface area contributed by atoms with Crippen LogP contribution in [0.4, 0.5) is 13.2 Å². The minimum atomic E-state index is -4.68. The van der Waals surface area contributed by atoms with Crippen LogP contribution in [0.5, 0.6) is 0 Å². The Kier molecular flexibility index (Phi) is 10.1. The maximum Gasteiger partial charge on any atom is 0.523 e. The molecule has 0 bridgehead atoms. The fraction of sp³-hybridized carbons (Fsp3) is 0.500. The summed E-state index contributed by atoms with van der Waals surface area (Å²) >= 11 is 0. The highest BCUT2D eigenvalue weighted by molar-refractivity contribution is 5.16. The maximum absolute atomic E-state index is 12.3. The Labute approximate surface area is 154 Å². The molecule has 0 aromatic heterocycles. The quantitative estimate of drug-likeness (QED) is 0.319. The van der Waals surface area contributed by atoms with E-state index in [1.807, 2.05) is 0 Å². The number of likely N-dealkylation sites (tertiary alicyclic amines) is 1. The number of hydrogen-bond donors (Lipinski definition) is 0. The summed E-state index contributed by atoms with van der Waals surface area (Å²) in [5.74, 6) is 0.462. The van der Waals surface area contributed by atoms with Crippen molar-refractivity contribution < 1.29 is 22.6 Å². The van der Waals surface area contributed by atoms with Crippen LogP contribution in [0.3, 0.4) is 0 Å². The van der Waals surface area contributed by atoms with Gasteiger partial charge >= 0.3 is 6.36 Å². The molecule has 0 aromatic carbocycles. The number of ether oxygens (including phenoxy) is 2. The van der Waals surface area contributed by atoms with Crippen LogP contribution in [0.25, 0.3) is 0 Å². The molecule has 3 nitrogen and oxygen atoms in total. The Morgan fingerprint density at radius 1 is 1.19 bits per heavy atom. The standard InChI is InChI=1S/C20H28F3NO2/c1-4-9-19(26-20(21,22)23)12-7-6-10-17(3)25-16-24-14-8-11-18(5-2)13-15-24/h4-7,9-10,12,19H,3,8,11,13-16H2,1-2H3/b9-4-,10-6+,12-7?,18-5+. The van der Waals surface area contributed by atoms with E-state index in [-0.39, 0.29) is 0 Å². The van der Waals surface area contributed by atoms with E-state index in [0.717, 1.165) is 32.4 Å². The normalized spacial score (nSPS) is 20.3. The summed E-state index contributed by atoms with van der Waals surface area (Å²) in [5, 5.41) is 0. The van der Waals surface area contributed by atoms with Crippen molar-refractivity contribution >= 4 is 0 Å². The zero-order valence-electron chi connectivity index (χ0n) is 15.5. The molecule has 0 aliphatic carbocycles. The molecule has 1 fully saturated rings. The van der Waals surface area contributed by atoms with Crippen LogP contribution in [0.1, 0.15) is 33.1 Å². The molecule has 1 unspecified atom stereocenters. The first-order chi connectivity index (χ1) is 12.3. The third kappa shape index (κ3) is 10.3. The second-order valence-corrected chi connectivity index (χ2v) is 5.96. The van der Waals surface area contributed by atoms with Crippen molar-refractivity contribution in [2.45, 2.75) is 45.6 Å². The highest BCUT2D eigenvalue weighted by atomic mass is 19.4. The molecule has 0 saturated carbocycles. The van der Waals surface area contributed by atoms with E-state index < -0.39 is 12.5 Å². The minimum absolute atomic E-state index is 0.461. The van der Waals surface area contributed by atoms with Gasteiger partial charge in [-0.05, 0) is 39.2 Å². The average molecular weight is 371 g/mol. The lowest BCUT2D eigenvalue weighted by Gasteiger charge is -2.19. The van der Waals surface area contributed by atoms with Crippen molar-refractivity contribution in [2.24, 2.45) is 0 Å². The SMILES string of the molecule is C=C(/C=C/C=CC(/C=C\C)OC(F)(F)F)OCN1CCC/C(=C\C)CC1. The molecule has 1 saturated heterocycles. The average Bonchev–Trinajstić information content (AvgIpc) is 2.80. The summed E-state index contributed by atoms with van der Waals surface area (Å²) < 4.78 is 46.4. The van der Waals surface area contributed by atoms with Crippen molar-refractivity contribution in [3.8, 4) is 0 Å². The Balaban J connectivity index is 2.39. The van der Waals surface area contributed by atoms with E-state index in [1.54, 1.807) is 19.1 Å². The van der Waals surface area contributed by atoms with Gasteiger partial charge in [0.15, 0.2) is 0 Å². The second kappa shape index (κ2) is 11.8. The van der Waals surface area contributed by atoms with Gasteiger partial charge in [-0.1, -0.05) is 48.6 Å². The summed E-state index contributed by atoms with van der Waals surface area (Å²) in [5.41, 5.74) is 1.48. The first-order valence-electron chi connectivity index (χ1n) is 8.74. The smallest absolute Gasteiger partial charge is 0.479 e. The minimum Gasteiger partial charge on any atom is -0.479 e. The summed E-state index contributed by atoms with van der Waals surface area (Å²) in [6, 6.07) is 0. The first-order valence-corrected chi connectivity index (χ1v) is 8.74. The zero-order chi connectivity index (χ0) is 19.4. The fourth-order valence-corrected chi connectivity index (χ4v) is 2.53. The van der Waals surface area contributed by atoms with Crippen LogP contribution in [0.2, 0.25) is 0 Å². The monoisotopic (exact) mass is 371 g/mol. The van der Waals surface area contributed by atoms with Crippen molar-refractivity contribution in [1.29, 1.82) is 0 Å². The molecule has 1 atom stereocenters. The van der Waals surface area contributed by atoms with Gasteiger partial charge in [-0.2, -0.15) is 0 Å². The third-order valence-electron chi connectivity index (χ3n) is 3.91. The molecular weight excluding hydrogens is 343 g/mol. The summed E-state index contributed by atoms with van der Waals surface area (Å²) in [7, 11) is 0. The van der Waals surface area contributed by atoms with Gasteiger partial charge in [0.2, 0.25) is 0 Å². The maximum atomic E-state index is 12.3. The van der Waals surface area contributed by atoms with Gasteiger partial charge in [0, 0.05) is 13.1 Å². The molecule has 146 valence electrons. The molecule has 6 heteroatoms. The molecule has 0 N–H and O–H groups in total. The Hall–Kier alpha value is -1.79. The van der Waals surface area contributed by atoms with E-state index in [2.05, 4.69) is 29.2 Å². The Morgan fingerprint density at radius 3 is 2.62 bits per heavy atom. The predicted molar refractivity (Wildman–Crippen MR) is 98.3 cm³/mol. The van der Waals surface area contributed by atoms with Crippen LogP contribution >= 0.6 is 0 Å². The third-order valence-corrected chi connectivity index (χ3v) is 3.91. The number of halogens is 3. The van der Waals surface area contributed by atoms with Crippen LogP contribution in [-0.2, 0) is 9.47 Å². The Morgan fingerprint density at radius 2 is 1.96 bits per heavy atom. The van der Waals surface area contributed by atoms with E-state index in [1.165, 1.54) is 29.9 Å². The summed E-state index contributed by atoms with van der Waals surface area (Å²) in [6.45, 7) is 9.90.